The summed E-state index contributed by atoms with van der Waals surface area (Å²) in [6, 6.07) is 27.4. The minimum Gasteiger partial charge on any atom is -0.508 e. The first-order valence-corrected chi connectivity index (χ1v) is 12.7. The Morgan fingerprint density at radius 3 is 2.06 bits per heavy atom. The van der Waals surface area contributed by atoms with Crippen molar-refractivity contribution in [2.24, 2.45) is 0 Å². The number of rotatable bonds is 7. The lowest BCUT2D eigenvalue weighted by Crippen LogP contribution is -2.47. The van der Waals surface area contributed by atoms with E-state index in [9.17, 15) is 9.59 Å². The summed E-state index contributed by atoms with van der Waals surface area (Å²) in [5.41, 5.74) is 3.13. The van der Waals surface area contributed by atoms with Gasteiger partial charge in [0, 0.05) is 50.4 Å². The van der Waals surface area contributed by atoms with Crippen molar-refractivity contribution in [3.8, 4) is 5.75 Å². The molecule has 1 fully saturated rings. The van der Waals surface area contributed by atoms with E-state index in [1.54, 1.807) is 12.1 Å². The van der Waals surface area contributed by atoms with Crippen molar-refractivity contribution in [3.63, 3.8) is 0 Å². The molecule has 6 heteroatoms. The summed E-state index contributed by atoms with van der Waals surface area (Å²) in [4.78, 5) is 27.6. The Hall–Kier alpha value is -3.64. The van der Waals surface area contributed by atoms with Gasteiger partial charge in [0.25, 0.3) is 0 Å². The zero-order valence-corrected chi connectivity index (χ0v) is 21.3. The summed E-state index contributed by atoms with van der Waals surface area (Å²) < 4.78 is 0. The van der Waals surface area contributed by atoms with Crippen LogP contribution in [0, 0.1) is 0 Å². The number of amides is 2. The maximum absolute atomic E-state index is 12.5. The number of benzene rings is 3. The van der Waals surface area contributed by atoms with Crippen LogP contribution in [-0.4, -0.2) is 47.5 Å². The molecular formula is C30H37N3O3. The average Bonchev–Trinajstić information content (AvgIpc) is 2.91. The molecule has 6 nitrogen and oxygen atoms in total. The first kappa shape index (κ1) is 27.0. The van der Waals surface area contributed by atoms with Crippen LogP contribution >= 0.6 is 0 Å². The molecule has 36 heavy (non-hydrogen) atoms. The van der Waals surface area contributed by atoms with Crippen molar-refractivity contribution in [2.75, 3.05) is 29.9 Å². The monoisotopic (exact) mass is 487 g/mol. The summed E-state index contributed by atoms with van der Waals surface area (Å²) in [5.74, 6) is 0.309. The van der Waals surface area contributed by atoms with Crippen LogP contribution in [0.2, 0.25) is 0 Å². The van der Waals surface area contributed by atoms with E-state index in [2.05, 4.69) is 52.7 Å². The molecular weight excluding hydrogens is 450 g/mol. The molecule has 190 valence electrons. The van der Waals surface area contributed by atoms with Crippen LogP contribution in [0.25, 0.3) is 0 Å². The number of phenols is 1. The highest BCUT2D eigenvalue weighted by Crippen LogP contribution is 2.24. The van der Waals surface area contributed by atoms with E-state index < -0.39 is 0 Å². The Morgan fingerprint density at radius 2 is 1.50 bits per heavy atom. The van der Waals surface area contributed by atoms with Gasteiger partial charge in [-0.1, -0.05) is 55.5 Å². The number of likely N-dealkylation sites (tertiary alicyclic amines) is 1. The normalized spacial score (nSPS) is 13.8. The van der Waals surface area contributed by atoms with Gasteiger partial charge in [-0.05, 0) is 61.2 Å². The SMILES string of the molecule is CC(=O)Nc1ccc(O)cc1.CCC(=O)N(c1ccccc1)C1CCN(CCc2ccccc2)CC1. The molecule has 0 aliphatic carbocycles. The predicted molar refractivity (Wildman–Crippen MR) is 146 cm³/mol. The molecule has 0 unspecified atom stereocenters. The molecule has 0 spiro atoms. The van der Waals surface area contributed by atoms with Crippen molar-refractivity contribution < 1.29 is 14.7 Å². The van der Waals surface area contributed by atoms with Gasteiger partial charge in [-0.15, -0.1) is 0 Å². The van der Waals surface area contributed by atoms with Crippen LogP contribution in [0.4, 0.5) is 11.4 Å². The molecule has 0 atom stereocenters. The van der Waals surface area contributed by atoms with Crippen molar-refractivity contribution >= 4 is 23.2 Å². The smallest absolute Gasteiger partial charge is 0.226 e. The van der Waals surface area contributed by atoms with Gasteiger partial charge in [-0.3, -0.25) is 9.59 Å². The Kier molecular flexibility index (Phi) is 10.5. The first-order valence-electron chi connectivity index (χ1n) is 12.7. The number of nitrogens with zero attached hydrogens (tertiary/aromatic N) is 2. The van der Waals surface area contributed by atoms with Gasteiger partial charge < -0.3 is 20.2 Å². The number of phenolic OH excluding ortho intramolecular Hbond substituents is 1. The van der Waals surface area contributed by atoms with E-state index in [-0.39, 0.29) is 17.6 Å². The molecule has 4 rings (SSSR count). The molecule has 0 aromatic heterocycles. The van der Waals surface area contributed by atoms with E-state index >= 15 is 0 Å². The summed E-state index contributed by atoms with van der Waals surface area (Å²) >= 11 is 0. The quantitative estimate of drug-likeness (QED) is 0.433. The lowest BCUT2D eigenvalue weighted by molar-refractivity contribution is -0.119. The summed E-state index contributed by atoms with van der Waals surface area (Å²) in [6.45, 7) is 6.62. The molecule has 2 amide bonds. The van der Waals surface area contributed by atoms with Crippen LogP contribution in [0.15, 0.2) is 84.9 Å². The van der Waals surface area contributed by atoms with Crippen molar-refractivity contribution in [1.29, 1.82) is 0 Å². The predicted octanol–water partition coefficient (Wildman–Crippen LogP) is 5.49. The van der Waals surface area contributed by atoms with Gasteiger partial charge in [-0.2, -0.15) is 0 Å². The molecule has 2 N–H and O–H groups in total. The number of piperidine rings is 1. The van der Waals surface area contributed by atoms with Crippen LogP contribution in [0.1, 0.15) is 38.7 Å². The number of anilines is 2. The highest BCUT2D eigenvalue weighted by Gasteiger charge is 2.28. The molecule has 1 heterocycles. The Morgan fingerprint density at radius 1 is 0.917 bits per heavy atom. The maximum atomic E-state index is 12.5. The second-order valence-electron chi connectivity index (χ2n) is 8.99. The summed E-state index contributed by atoms with van der Waals surface area (Å²) in [6.07, 6.45) is 3.76. The van der Waals surface area contributed by atoms with Crippen LogP contribution in [0.3, 0.4) is 0 Å². The zero-order chi connectivity index (χ0) is 25.8. The Labute approximate surface area is 214 Å². The number of hydrogen-bond acceptors (Lipinski definition) is 4. The number of hydrogen-bond donors (Lipinski definition) is 2. The molecule has 1 aliphatic rings. The Bertz CT molecular complexity index is 1060. The molecule has 0 saturated carbocycles. The highest BCUT2D eigenvalue weighted by atomic mass is 16.3. The highest BCUT2D eigenvalue weighted by molar-refractivity contribution is 5.93. The van der Waals surface area contributed by atoms with Crippen LogP contribution < -0.4 is 10.2 Å². The molecule has 1 aliphatic heterocycles. The van der Waals surface area contributed by atoms with E-state index in [1.807, 2.05) is 30.0 Å². The molecule has 3 aromatic rings. The van der Waals surface area contributed by atoms with Crippen molar-refractivity contribution in [1.82, 2.24) is 4.90 Å². The second-order valence-corrected chi connectivity index (χ2v) is 8.99. The van der Waals surface area contributed by atoms with Crippen molar-refractivity contribution in [3.05, 3.63) is 90.5 Å². The van der Waals surface area contributed by atoms with E-state index in [0.29, 0.717) is 18.2 Å². The summed E-state index contributed by atoms with van der Waals surface area (Å²) in [7, 11) is 0. The van der Waals surface area contributed by atoms with Crippen LogP contribution in [0.5, 0.6) is 5.75 Å². The van der Waals surface area contributed by atoms with Gasteiger partial charge in [-0.25, -0.2) is 0 Å². The maximum Gasteiger partial charge on any atom is 0.226 e. The third-order valence-corrected chi connectivity index (χ3v) is 6.27. The van der Waals surface area contributed by atoms with Gasteiger partial charge in [0.05, 0.1) is 0 Å². The van der Waals surface area contributed by atoms with Crippen LogP contribution in [-0.2, 0) is 16.0 Å². The third kappa shape index (κ3) is 8.54. The van der Waals surface area contributed by atoms with Gasteiger partial charge in [0.1, 0.15) is 5.75 Å². The molecule has 1 saturated heterocycles. The van der Waals surface area contributed by atoms with E-state index in [1.165, 1.54) is 24.6 Å². The zero-order valence-electron chi connectivity index (χ0n) is 21.3. The first-order chi connectivity index (χ1) is 17.5. The molecule has 0 bridgehead atoms. The fraction of sp³-hybridized carbons (Fsp3) is 0.333. The minimum atomic E-state index is -0.115. The van der Waals surface area contributed by atoms with Gasteiger partial charge in [0.2, 0.25) is 11.8 Å². The van der Waals surface area contributed by atoms with E-state index in [0.717, 1.165) is 44.6 Å². The fourth-order valence-electron chi connectivity index (χ4n) is 4.40. The number of carbonyl (C=O) groups excluding carboxylic acids is 2. The van der Waals surface area contributed by atoms with Crippen molar-refractivity contribution in [2.45, 2.75) is 45.6 Å². The summed E-state index contributed by atoms with van der Waals surface area (Å²) in [5, 5.41) is 11.5. The number of carbonyl (C=O) groups is 2. The van der Waals surface area contributed by atoms with E-state index in [4.69, 9.17) is 5.11 Å². The number of para-hydroxylation sites is 1. The minimum absolute atomic E-state index is 0.115. The second kappa shape index (κ2) is 14.0. The standard InChI is InChI=1S/C22H28N2O.C8H9NO2/c1-2-22(25)24(20-11-7-4-8-12-20)21-14-17-23(18-15-21)16-13-19-9-5-3-6-10-19;1-6(10)9-7-2-4-8(11)5-3-7/h3-12,21H,2,13-18H2,1H3;2-5,11H,1H3,(H,9,10). The van der Waals surface area contributed by atoms with Gasteiger partial charge in [0.15, 0.2) is 0 Å². The lowest BCUT2D eigenvalue weighted by Gasteiger charge is -2.38. The lowest BCUT2D eigenvalue weighted by atomic mass is 10.0. The number of nitrogens with one attached hydrogen (secondary N) is 1. The third-order valence-electron chi connectivity index (χ3n) is 6.27. The largest absolute Gasteiger partial charge is 0.508 e. The van der Waals surface area contributed by atoms with Gasteiger partial charge >= 0.3 is 0 Å². The Balaban J connectivity index is 0.000000275. The molecule has 3 aromatic carbocycles. The topological polar surface area (TPSA) is 72.9 Å². The average molecular weight is 488 g/mol. The molecule has 0 radical (unpaired) electrons. The number of aromatic hydroxyl groups is 1. The fourth-order valence-corrected chi connectivity index (χ4v) is 4.40.